The molecule has 73 valence electrons. The molecule has 0 amide bonds. The van der Waals surface area contributed by atoms with Crippen LogP contribution in [0.1, 0.15) is 34.6 Å². The predicted molar refractivity (Wildman–Crippen MR) is 59.2 cm³/mol. The molecule has 0 fully saturated rings. The van der Waals surface area contributed by atoms with E-state index in [1.807, 2.05) is 41.7 Å². The summed E-state index contributed by atoms with van der Waals surface area (Å²) in [6.07, 6.45) is 0.0140. The van der Waals surface area contributed by atoms with Crippen LogP contribution in [0, 0.1) is 0 Å². The van der Waals surface area contributed by atoms with E-state index in [4.69, 9.17) is 12.5 Å². The Morgan fingerprint density at radius 3 is 2.08 bits per heavy atom. The summed E-state index contributed by atoms with van der Waals surface area (Å²) in [5.41, 5.74) is -0.112. The molecule has 0 aliphatic rings. The predicted octanol–water partition coefficient (Wildman–Crippen LogP) is 1.33. The van der Waals surface area contributed by atoms with Gasteiger partial charge in [-0.2, -0.15) is 0 Å². The topological polar surface area (TPSA) is 21.3 Å². The SMILES string of the molecule is [B]C(C)(C)C(C)O[B]C(C)(C)NC. The van der Waals surface area contributed by atoms with Gasteiger partial charge in [-0.15, -0.1) is 0 Å². The molecular weight excluding hydrogens is 160 g/mol. The van der Waals surface area contributed by atoms with Gasteiger partial charge in [-0.3, -0.25) is 0 Å². The van der Waals surface area contributed by atoms with Crippen molar-refractivity contribution in [1.29, 1.82) is 0 Å². The fourth-order valence-electron chi connectivity index (χ4n) is 0.506. The van der Waals surface area contributed by atoms with E-state index in [0.717, 1.165) is 0 Å². The van der Waals surface area contributed by atoms with E-state index >= 15 is 0 Å². The highest BCUT2D eigenvalue weighted by Gasteiger charge is 2.25. The molecule has 3 radical (unpaired) electrons. The second-order valence-electron chi connectivity index (χ2n) is 4.69. The van der Waals surface area contributed by atoms with Crippen molar-refractivity contribution in [2.45, 2.75) is 51.5 Å². The zero-order chi connectivity index (χ0) is 10.7. The van der Waals surface area contributed by atoms with Crippen molar-refractivity contribution in [2.24, 2.45) is 0 Å². The zero-order valence-corrected chi connectivity index (χ0v) is 9.64. The fraction of sp³-hybridized carbons (Fsp3) is 1.00. The lowest BCUT2D eigenvalue weighted by Gasteiger charge is -2.31. The van der Waals surface area contributed by atoms with E-state index in [0.29, 0.717) is 0 Å². The average molecular weight is 180 g/mol. The third-order valence-corrected chi connectivity index (χ3v) is 2.26. The van der Waals surface area contributed by atoms with Gasteiger partial charge < -0.3 is 9.97 Å². The highest BCUT2D eigenvalue weighted by atomic mass is 16.4. The van der Waals surface area contributed by atoms with Gasteiger partial charge in [0.25, 0.3) is 0 Å². The first-order valence-corrected chi connectivity index (χ1v) is 4.66. The van der Waals surface area contributed by atoms with Gasteiger partial charge in [-0.05, 0) is 19.3 Å². The van der Waals surface area contributed by atoms with Crippen LogP contribution in [-0.2, 0) is 4.65 Å². The molecule has 1 N–H and O–H groups in total. The molecule has 0 saturated heterocycles. The van der Waals surface area contributed by atoms with Gasteiger partial charge in [0.1, 0.15) is 0 Å². The smallest absolute Gasteiger partial charge is 0.313 e. The highest BCUT2D eigenvalue weighted by Crippen LogP contribution is 2.26. The minimum atomic E-state index is -0.305. The van der Waals surface area contributed by atoms with Crippen LogP contribution in [0.4, 0.5) is 0 Å². The first-order valence-electron chi connectivity index (χ1n) is 4.66. The Morgan fingerprint density at radius 1 is 1.31 bits per heavy atom. The summed E-state index contributed by atoms with van der Waals surface area (Å²) in [5, 5.41) is 2.82. The molecule has 0 aromatic rings. The normalized spacial score (nSPS) is 15.5. The first-order chi connectivity index (χ1) is 5.69. The monoisotopic (exact) mass is 180 g/mol. The van der Waals surface area contributed by atoms with Crippen LogP contribution in [-0.4, -0.2) is 33.9 Å². The van der Waals surface area contributed by atoms with E-state index in [1.165, 1.54) is 0 Å². The first kappa shape index (κ1) is 13.0. The lowest BCUT2D eigenvalue weighted by molar-refractivity contribution is 0.179. The summed E-state index contributed by atoms with van der Waals surface area (Å²) in [6, 6.07) is 0. The van der Waals surface area contributed by atoms with Gasteiger partial charge in [0.2, 0.25) is 0 Å². The Labute approximate surface area is 84.5 Å². The van der Waals surface area contributed by atoms with Crippen LogP contribution < -0.4 is 5.32 Å². The summed E-state index contributed by atoms with van der Waals surface area (Å²) < 4.78 is 5.55. The molecule has 1 unspecified atom stereocenters. The molecule has 0 spiro atoms. The number of nitrogens with one attached hydrogen (secondary N) is 1. The maximum atomic E-state index is 5.88. The van der Waals surface area contributed by atoms with Crippen molar-refractivity contribution in [1.82, 2.24) is 5.32 Å². The summed E-state index contributed by atoms with van der Waals surface area (Å²) in [5.74, 6) is 0. The van der Waals surface area contributed by atoms with E-state index in [9.17, 15) is 0 Å². The van der Waals surface area contributed by atoms with Gasteiger partial charge in [-0.1, -0.05) is 27.7 Å². The zero-order valence-electron chi connectivity index (χ0n) is 9.64. The van der Waals surface area contributed by atoms with Crippen molar-refractivity contribution in [3.8, 4) is 0 Å². The Balaban J connectivity index is 3.90. The number of hydrogen-bond donors (Lipinski definition) is 1. The Hall–Kier alpha value is 0.0499. The molecule has 0 rings (SSSR count). The van der Waals surface area contributed by atoms with E-state index < -0.39 is 0 Å². The third kappa shape index (κ3) is 5.37. The van der Waals surface area contributed by atoms with Crippen LogP contribution in [0.5, 0.6) is 0 Å². The van der Waals surface area contributed by atoms with Gasteiger partial charge >= 0.3 is 7.48 Å². The third-order valence-electron chi connectivity index (χ3n) is 2.26. The van der Waals surface area contributed by atoms with Crippen LogP contribution >= 0.6 is 0 Å². The summed E-state index contributed by atoms with van der Waals surface area (Å²) in [7, 11) is 9.58. The van der Waals surface area contributed by atoms with E-state index in [2.05, 4.69) is 5.32 Å². The lowest BCUT2D eigenvalue weighted by atomic mass is 9.67. The van der Waals surface area contributed by atoms with Gasteiger partial charge in [-0.25, -0.2) is 0 Å². The van der Waals surface area contributed by atoms with Gasteiger partial charge in [0.05, 0.1) is 7.85 Å². The molecule has 0 aromatic heterocycles. The maximum Gasteiger partial charge on any atom is 0.313 e. The molecule has 13 heavy (non-hydrogen) atoms. The largest absolute Gasteiger partial charge is 0.436 e. The maximum absolute atomic E-state index is 5.88. The van der Waals surface area contributed by atoms with E-state index in [-0.39, 0.29) is 16.9 Å². The minimum absolute atomic E-state index is 0.0140. The molecule has 4 heteroatoms. The van der Waals surface area contributed by atoms with Gasteiger partial charge in [0, 0.05) is 11.5 Å². The molecule has 0 aromatic carbocycles. The van der Waals surface area contributed by atoms with Crippen molar-refractivity contribution < 1.29 is 4.65 Å². The Bertz CT molecular complexity index is 154. The van der Waals surface area contributed by atoms with Crippen molar-refractivity contribution in [3.63, 3.8) is 0 Å². The average Bonchev–Trinajstić information content (AvgIpc) is 1.98. The van der Waals surface area contributed by atoms with Crippen molar-refractivity contribution >= 4 is 15.3 Å². The molecule has 0 bridgehead atoms. The molecule has 1 atom stereocenters. The summed E-state index contributed by atoms with van der Waals surface area (Å²) in [4.78, 5) is 0. The number of hydrogen-bond acceptors (Lipinski definition) is 2. The highest BCUT2D eigenvalue weighted by molar-refractivity contribution is 6.32. The van der Waals surface area contributed by atoms with Gasteiger partial charge in [0.15, 0.2) is 0 Å². The van der Waals surface area contributed by atoms with Crippen LogP contribution in [0.3, 0.4) is 0 Å². The second-order valence-corrected chi connectivity index (χ2v) is 4.69. The molecule has 0 aliphatic carbocycles. The second kappa shape index (κ2) is 4.52. The Kier molecular flexibility index (Phi) is 4.53. The summed E-state index contributed by atoms with van der Waals surface area (Å²) >= 11 is 0. The standard InChI is InChI=1S/C9H20B2NO/c1-7(8(2,3)10)13-11-9(4,5)12-6/h7,12H,1-6H3. The molecule has 0 aliphatic heterocycles. The summed E-state index contributed by atoms with van der Waals surface area (Å²) in [6.45, 7) is 9.98. The molecule has 0 heterocycles. The van der Waals surface area contributed by atoms with Crippen molar-refractivity contribution in [3.05, 3.63) is 0 Å². The number of rotatable bonds is 5. The lowest BCUT2D eigenvalue weighted by Crippen LogP contribution is -2.45. The van der Waals surface area contributed by atoms with Crippen LogP contribution in [0.25, 0.3) is 0 Å². The van der Waals surface area contributed by atoms with Crippen molar-refractivity contribution in [2.75, 3.05) is 7.05 Å². The van der Waals surface area contributed by atoms with E-state index in [1.54, 1.807) is 7.48 Å². The Morgan fingerprint density at radius 2 is 1.77 bits per heavy atom. The molecule has 2 nitrogen and oxygen atoms in total. The van der Waals surface area contributed by atoms with Crippen LogP contribution in [0.2, 0.25) is 5.31 Å². The molecular formula is C9H20B2NO. The molecule has 0 saturated carbocycles. The quantitative estimate of drug-likeness (QED) is 0.644. The van der Waals surface area contributed by atoms with Crippen LogP contribution in [0.15, 0.2) is 0 Å². The minimum Gasteiger partial charge on any atom is -0.436 e. The fourth-order valence-corrected chi connectivity index (χ4v) is 0.506.